The van der Waals surface area contributed by atoms with Gasteiger partial charge in [0.25, 0.3) is 5.56 Å². The zero-order valence-corrected chi connectivity index (χ0v) is 16.9. The summed E-state index contributed by atoms with van der Waals surface area (Å²) in [4.78, 5) is 33.0. The number of para-hydroxylation sites is 1. The highest BCUT2D eigenvalue weighted by molar-refractivity contribution is 7.10. The number of thiophene rings is 1. The first-order chi connectivity index (χ1) is 14.6. The minimum absolute atomic E-state index is 0.110. The molecule has 2 aromatic carbocycles. The second-order valence-corrected chi connectivity index (χ2v) is 7.93. The molecular formula is C23H20FN3O2S. The van der Waals surface area contributed by atoms with Gasteiger partial charge >= 0.3 is 0 Å². The van der Waals surface area contributed by atoms with E-state index in [9.17, 15) is 14.0 Å². The Morgan fingerprint density at radius 2 is 1.90 bits per heavy atom. The van der Waals surface area contributed by atoms with Gasteiger partial charge in [-0.25, -0.2) is 9.37 Å². The van der Waals surface area contributed by atoms with Gasteiger partial charge in [0.2, 0.25) is 5.91 Å². The number of hydrogen-bond acceptors (Lipinski definition) is 4. The summed E-state index contributed by atoms with van der Waals surface area (Å²) in [5.41, 5.74) is 1.30. The predicted molar refractivity (Wildman–Crippen MR) is 116 cm³/mol. The van der Waals surface area contributed by atoms with Crippen LogP contribution in [0.15, 0.2) is 70.8 Å². The van der Waals surface area contributed by atoms with Crippen LogP contribution in [0, 0.1) is 5.82 Å². The Morgan fingerprint density at radius 3 is 2.67 bits per heavy atom. The van der Waals surface area contributed by atoms with Crippen LogP contribution in [-0.4, -0.2) is 15.9 Å². The summed E-state index contributed by atoms with van der Waals surface area (Å²) in [5, 5.41) is 5.54. The normalized spacial score (nSPS) is 12.0. The summed E-state index contributed by atoms with van der Waals surface area (Å²) in [7, 11) is 0. The number of aryl methyl sites for hydroxylation is 1. The number of carbonyl (C=O) groups excluding carboxylic acids is 1. The Balaban J connectivity index is 1.40. The molecule has 0 fully saturated rings. The number of halogens is 1. The van der Waals surface area contributed by atoms with Crippen LogP contribution in [0.5, 0.6) is 0 Å². The lowest BCUT2D eigenvalue weighted by atomic mass is 10.0. The molecule has 0 unspecified atom stereocenters. The molecule has 5 nitrogen and oxygen atoms in total. The van der Waals surface area contributed by atoms with Gasteiger partial charge in [-0.15, -0.1) is 11.3 Å². The SMILES string of the molecule is O=C(CCCc1nc2ccccc2c(=O)[nH]1)N[C@H](c1ccc(F)cc1)c1cccs1. The molecule has 2 N–H and O–H groups in total. The summed E-state index contributed by atoms with van der Waals surface area (Å²) in [6, 6.07) is 16.9. The largest absolute Gasteiger partial charge is 0.344 e. The van der Waals surface area contributed by atoms with E-state index in [2.05, 4.69) is 15.3 Å². The van der Waals surface area contributed by atoms with Gasteiger partial charge in [0, 0.05) is 17.7 Å². The molecule has 4 aromatic rings. The first kappa shape index (κ1) is 20.0. The van der Waals surface area contributed by atoms with Gasteiger partial charge in [0.05, 0.1) is 16.9 Å². The Kier molecular flexibility index (Phi) is 5.99. The molecule has 30 heavy (non-hydrogen) atoms. The number of H-pyrrole nitrogens is 1. The van der Waals surface area contributed by atoms with Crippen LogP contribution in [0.4, 0.5) is 4.39 Å². The van der Waals surface area contributed by atoms with Gasteiger partial charge in [-0.1, -0.05) is 30.3 Å². The van der Waals surface area contributed by atoms with E-state index in [0.29, 0.717) is 36.0 Å². The molecule has 4 rings (SSSR count). The van der Waals surface area contributed by atoms with Crippen molar-refractivity contribution in [3.63, 3.8) is 0 Å². The lowest BCUT2D eigenvalue weighted by Gasteiger charge is -2.18. The van der Waals surface area contributed by atoms with Crippen molar-refractivity contribution in [2.24, 2.45) is 0 Å². The number of nitrogens with one attached hydrogen (secondary N) is 2. The molecule has 1 amide bonds. The molecule has 1 atom stereocenters. The Bertz CT molecular complexity index is 1200. The van der Waals surface area contributed by atoms with E-state index >= 15 is 0 Å². The van der Waals surface area contributed by atoms with Crippen LogP contribution in [0.25, 0.3) is 10.9 Å². The van der Waals surface area contributed by atoms with Crippen LogP contribution in [-0.2, 0) is 11.2 Å². The van der Waals surface area contributed by atoms with Crippen LogP contribution in [0.1, 0.15) is 35.1 Å². The lowest BCUT2D eigenvalue weighted by molar-refractivity contribution is -0.121. The monoisotopic (exact) mass is 421 g/mol. The molecule has 0 saturated heterocycles. The van der Waals surface area contributed by atoms with Gasteiger partial charge in [-0.05, 0) is 47.7 Å². The maximum absolute atomic E-state index is 13.3. The van der Waals surface area contributed by atoms with Crippen LogP contribution >= 0.6 is 11.3 Å². The fourth-order valence-electron chi connectivity index (χ4n) is 3.33. The number of fused-ring (bicyclic) bond motifs is 1. The minimum Gasteiger partial charge on any atom is -0.344 e. The van der Waals surface area contributed by atoms with E-state index in [-0.39, 0.29) is 23.3 Å². The molecule has 0 aliphatic rings. The summed E-state index contributed by atoms with van der Waals surface area (Å²) in [6.45, 7) is 0. The zero-order chi connectivity index (χ0) is 20.9. The summed E-state index contributed by atoms with van der Waals surface area (Å²) in [5.74, 6) is 0.146. The van der Waals surface area contributed by atoms with Gasteiger partial charge in [0.15, 0.2) is 0 Å². The van der Waals surface area contributed by atoms with Gasteiger partial charge in [-0.3, -0.25) is 9.59 Å². The van der Waals surface area contributed by atoms with Crippen molar-refractivity contribution in [1.29, 1.82) is 0 Å². The van der Waals surface area contributed by atoms with Crippen molar-refractivity contribution in [3.8, 4) is 0 Å². The van der Waals surface area contributed by atoms with Crippen molar-refractivity contribution < 1.29 is 9.18 Å². The third kappa shape index (κ3) is 4.63. The Morgan fingerprint density at radius 1 is 1.10 bits per heavy atom. The standard InChI is InChI=1S/C23H20FN3O2S/c24-16-12-10-15(11-13-16)22(19-7-4-14-30-19)27-21(28)9-3-8-20-25-18-6-2-1-5-17(18)23(29)26-20/h1-2,4-7,10-14,22H,3,8-9H2,(H,27,28)(H,25,26,29)/t22-/m1/s1. The summed E-state index contributed by atoms with van der Waals surface area (Å²) >= 11 is 1.54. The first-order valence-electron chi connectivity index (χ1n) is 9.66. The molecule has 0 bridgehead atoms. The second-order valence-electron chi connectivity index (χ2n) is 6.95. The third-order valence-electron chi connectivity index (χ3n) is 4.82. The molecule has 7 heteroatoms. The number of hydrogen-bond donors (Lipinski definition) is 2. The molecule has 152 valence electrons. The van der Waals surface area contributed by atoms with Crippen molar-refractivity contribution in [1.82, 2.24) is 15.3 Å². The van der Waals surface area contributed by atoms with Crippen molar-refractivity contribution in [2.45, 2.75) is 25.3 Å². The molecule has 2 aromatic heterocycles. The highest BCUT2D eigenvalue weighted by atomic mass is 32.1. The van der Waals surface area contributed by atoms with Gasteiger partial charge in [-0.2, -0.15) is 0 Å². The number of aromatic amines is 1. The Hall–Kier alpha value is -3.32. The van der Waals surface area contributed by atoms with E-state index < -0.39 is 0 Å². The number of carbonyl (C=O) groups is 1. The van der Waals surface area contributed by atoms with Gasteiger partial charge < -0.3 is 10.3 Å². The number of nitrogens with zero attached hydrogens (tertiary/aromatic N) is 1. The predicted octanol–water partition coefficient (Wildman–Crippen LogP) is 4.35. The molecule has 2 heterocycles. The summed E-state index contributed by atoms with van der Waals surface area (Å²) < 4.78 is 13.3. The molecular weight excluding hydrogens is 401 g/mol. The molecule has 0 spiro atoms. The van der Waals surface area contributed by atoms with Gasteiger partial charge in [0.1, 0.15) is 11.6 Å². The maximum Gasteiger partial charge on any atom is 0.258 e. The molecule has 0 saturated carbocycles. The van der Waals surface area contributed by atoms with E-state index in [0.717, 1.165) is 10.4 Å². The average Bonchev–Trinajstić information content (AvgIpc) is 3.27. The Labute approximate surface area is 176 Å². The van der Waals surface area contributed by atoms with Crippen LogP contribution in [0.2, 0.25) is 0 Å². The fraction of sp³-hybridized carbons (Fsp3) is 0.174. The highest BCUT2D eigenvalue weighted by Gasteiger charge is 2.18. The average molecular weight is 421 g/mol. The van der Waals surface area contributed by atoms with E-state index in [1.165, 1.54) is 23.5 Å². The third-order valence-corrected chi connectivity index (χ3v) is 5.75. The quantitative estimate of drug-likeness (QED) is 0.466. The van der Waals surface area contributed by atoms with Crippen molar-refractivity contribution in [3.05, 3.63) is 98.5 Å². The topological polar surface area (TPSA) is 74.8 Å². The van der Waals surface area contributed by atoms with Crippen LogP contribution < -0.4 is 10.9 Å². The smallest absolute Gasteiger partial charge is 0.258 e. The number of aromatic nitrogens is 2. The fourth-order valence-corrected chi connectivity index (χ4v) is 4.13. The molecule has 0 radical (unpaired) electrons. The summed E-state index contributed by atoms with van der Waals surface area (Å²) in [6.07, 6.45) is 1.33. The molecule has 0 aliphatic heterocycles. The second kappa shape index (κ2) is 9.00. The zero-order valence-electron chi connectivity index (χ0n) is 16.1. The number of amides is 1. The van der Waals surface area contributed by atoms with E-state index in [1.807, 2.05) is 23.6 Å². The van der Waals surface area contributed by atoms with E-state index in [4.69, 9.17) is 0 Å². The highest BCUT2D eigenvalue weighted by Crippen LogP contribution is 2.26. The first-order valence-corrected chi connectivity index (χ1v) is 10.5. The van der Waals surface area contributed by atoms with E-state index in [1.54, 1.807) is 30.3 Å². The lowest BCUT2D eigenvalue weighted by Crippen LogP contribution is -2.28. The molecule has 0 aliphatic carbocycles. The van der Waals surface area contributed by atoms with Crippen molar-refractivity contribution >= 4 is 28.1 Å². The number of rotatable bonds is 7. The maximum atomic E-state index is 13.3. The number of benzene rings is 2. The minimum atomic E-state index is -0.322. The van der Waals surface area contributed by atoms with Crippen LogP contribution in [0.3, 0.4) is 0 Å². The van der Waals surface area contributed by atoms with Crippen molar-refractivity contribution in [2.75, 3.05) is 0 Å².